The Bertz CT molecular complexity index is 620. The third-order valence-corrected chi connectivity index (χ3v) is 3.10. The molecule has 5 nitrogen and oxygen atoms in total. The van der Waals surface area contributed by atoms with Crippen molar-refractivity contribution >= 4 is 17.4 Å². The second-order valence-electron chi connectivity index (χ2n) is 4.50. The minimum absolute atomic E-state index is 0.372. The summed E-state index contributed by atoms with van der Waals surface area (Å²) in [4.78, 5) is 8.32. The van der Waals surface area contributed by atoms with Crippen molar-refractivity contribution in [3.8, 4) is 17.4 Å². The number of halogens is 1. The number of aryl methyl sites for hydroxylation is 1. The molecular formula is C15H18ClN3O2. The molecule has 0 unspecified atom stereocenters. The van der Waals surface area contributed by atoms with Crippen LogP contribution in [0.25, 0.3) is 0 Å². The van der Waals surface area contributed by atoms with E-state index in [0.717, 1.165) is 18.5 Å². The number of benzene rings is 1. The predicted octanol–water partition coefficient (Wildman–Crippen LogP) is 4.06. The number of hydrogen-bond donors (Lipinski definition) is 1. The number of ether oxygens (including phenoxy) is 2. The van der Waals surface area contributed by atoms with Gasteiger partial charge in [0.05, 0.1) is 7.11 Å². The van der Waals surface area contributed by atoms with Crippen LogP contribution in [0.2, 0.25) is 5.02 Å². The molecule has 0 aliphatic rings. The van der Waals surface area contributed by atoms with Crippen LogP contribution < -0.4 is 14.8 Å². The number of methoxy groups -OCH3 is 1. The number of anilines is 1. The Balaban J connectivity index is 2.30. The highest BCUT2D eigenvalue weighted by atomic mass is 35.5. The monoisotopic (exact) mass is 307 g/mol. The molecule has 0 amide bonds. The smallest absolute Gasteiger partial charge is 0.268 e. The molecule has 1 aromatic heterocycles. The Hall–Kier alpha value is -2.01. The minimum Gasteiger partial charge on any atom is -0.489 e. The first-order chi connectivity index (χ1) is 10.2. The molecule has 1 heterocycles. The molecule has 0 spiro atoms. The molecular weight excluding hydrogens is 290 g/mol. The molecule has 2 aromatic rings. The lowest BCUT2D eigenvalue weighted by Crippen LogP contribution is -2.06. The van der Waals surface area contributed by atoms with Crippen molar-refractivity contribution in [2.24, 2.45) is 0 Å². The van der Waals surface area contributed by atoms with Gasteiger partial charge < -0.3 is 14.8 Å². The molecule has 0 saturated carbocycles. The largest absolute Gasteiger partial charge is 0.489 e. The number of nitrogens with zero attached hydrogens (tertiary/aromatic N) is 2. The fourth-order valence-corrected chi connectivity index (χ4v) is 2.04. The van der Waals surface area contributed by atoms with Crippen LogP contribution in [0.5, 0.6) is 17.4 Å². The molecule has 1 N–H and O–H groups in total. The van der Waals surface area contributed by atoms with E-state index in [9.17, 15) is 0 Å². The average molecular weight is 308 g/mol. The molecule has 0 aliphatic carbocycles. The average Bonchev–Trinajstić information content (AvgIpc) is 2.48. The van der Waals surface area contributed by atoms with E-state index in [1.807, 2.05) is 13.0 Å². The van der Waals surface area contributed by atoms with Crippen molar-refractivity contribution in [2.45, 2.75) is 20.3 Å². The van der Waals surface area contributed by atoms with Gasteiger partial charge in [0.25, 0.3) is 5.88 Å². The maximum Gasteiger partial charge on any atom is 0.268 e. The normalized spacial score (nSPS) is 10.3. The molecule has 0 radical (unpaired) electrons. The van der Waals surface area contributed by atoms with Gasteiger partial charge in [-0.1, -0.05) is 18.5 Å². The first-order valence-corrected chi connectivity index (χ1v) is 7.10. The zero-order valence-electron chi connectivity index (χ0n) is 12.3. The summed E-state index contributed by atoms with van der Waals surface area (Å²) in [6.45, 7) is 4.80. The Morgan fingerprint density at radius 3 is 2.76 bits per heavy atom. The second-order valence-corrected chi connectivity index (χ2v) is 4.94. The Labute approximate surface area is 129 Å². The fourth-order valence-electron chi connectivity index (χ4n) is 1.82. The lowest BCUT2D eigenvalue weighted by Gasteiger charge is -2.14. The van der Waals surface area contributed by atoms with Crippen molar-refractivity contribution in [3.63, 3.8) is 0 Å². The van der Waals surface area contributed by atoms with E-state index in [1.165, 1.54) is 6.33 Å². The molecule has 112 valence electrons. The van der Waals surface area contributed by atoms with Crippen LogP contribution in [0.3, 0.4) is 0 Å². The van der Waals surface area contributed by atoms with Crippen LogP contribution in [-0.2, 0) is 0 Å². The minimum atomic E-state index is 0.372. The Morgan fingerprint density at radius 2 is 2.10 bits per heavy atom. The first kappa shape index (κ1) is 15.4. The molecule has 0 aliphatic heterocycles. The first-order valence-electron chi connectivity index (χ1n) is 6.72. The van der Waals surface area contributed by atoms with Crippen LogP contribution >= 0.6 is 11.6 Å². The molecule has 1 aromatic carbocycles. The summed E-state index contributed by atoms with van der Waals surface area (Å²) in [5, 5.41) is 3.85. The number of aromatic nitrogens is 2. The van der Waals surface area contributed by atoms with Gasteiger partial charge in [-0.05, 0) is 37.1 Å². The molecule has 0 bridgehead atoms. The van der Waals surface area contributed by atoms with Crippen molar-refractivity contribution in [2.75, 3.05) is 19.0 Å². The van der Waals surface area contributed by atoms with Crippen LogP contribution in [0.15, 0.2) is 24.5 Å². The van der Waals surface area contributed by atoms with E-state index in [1.54, 1.807) is 19.2 Å². The molecule has 21 heavy (non-hydrogen) atoms. The van der Waals surface area contributed by atoms with Crippen LogP contribution in [0, 0.1) is 6.92 Å². The van der Waals surface area contributed by atoms with E-state index in [0.29, 0.717) is 28.2 Å². The number of rotatable bonds is 6. The van der Waals surface area contributed by atoms with E-state index < -0.39 is 0 Å². The van der Waals surface area contributed by atoms with Gasteiger partial charge in [-0.15, -0.1) is 0 Å². The summed E-state index contributed by atoms with van der Waals surface area (Å²) in [7, 11) is 1.57. The number of hydrogen-bond acceptors (Lipinski definition) is 5. The van der Waals surface area contributed by atoms with Gasteiger partial charge in [0, 0.05) is 11.6 Å². The van der Waals surface area contributed by atoms with Crippen molar-refractivity contribution in [1.82, 2.24) is 9.97 Å². The van der Waals surface area contributed by atoms with Gasteiger partial charge in [-0.3, -0.25) is 0 Å². The molecule has 0 fully saturated rings. The van der Waals surface area contributed by atoms with E-state index in [2.05, 4.69) is 22.2 Å². The van der Waals surface area contributed by atoms with Gasteiger partial charge in [-0.25, -0.2) is 4.98 Å². The van der Waals surface area contributed by atoms with Crippen LogP contribution in [-0.4, -0.2) is 23.6 Å². The van der Waals surface area contributed by atoms with Crippen LogP contribution in [0.4, 0.5) is 5.82 Å². The highest BCUT2D eigenvalue weighted by Gasteiger charge is 2.14. The summed E-state index contributed by atoms with van der Waals surface area (Å²) in [6.07, 6.45) is 2.43. The van der Waals surface area contributed by atoms with Gasteiger partial charge in [-0.2, -0.15) is 4.98 Å². The maximum atomic E-state index is 5.95. The topological polar surface area (TPSA) is 56.3 Å². The van der Waals surface area contributed by atoms with Crippen LogP contribution in [0.1, 0.15) is 18.9 Å². The van der Waals surface area contributed by atoms with Crippen molar-refractivity contribution in [3.05, 3.63) is 35.1 Å². The lowest BCUT2D eigenvalue weighted by molar-refractivity contribution is 0.368. The zero-order valence-corrected chi connectivity index (χ0v) is 13.1. The molecule has 2 rings (SSSR count). The third-order valence-electron chi connectivity index (χ3n) is 2.86. The predicted molar refractivity (Wildman–Crippen MR) is 83.6 cm³/mol. The summed E-state index contributed by atoms with van der Waals surface area (Å²) < 4.78 is 11.2. The summed E-state index contributed by atoms with van der Waals surface area (Å²) in [6, 6.07) is 5.41. The van der Waals surface area contributed by atoms with Gasteiger partial charge in [0.2, 0.25) is 5.75 Å². The maximum absolute atomic E-state index is 5.95. The van der Waals surface area contributed by atoms with Gasteiger partial charge in [0.15, 0.2) is 5.82 Å². The van der Waals surface area contributed by atoms with Gasteiger partial charge in [0.1, 0.15) is 12.1 Å². The third kappa shape index (κ3) is 3.76. The molecule has 6 heteroatoms. The standard InChI is InChI=1S/C15H18ClN3O2/c1-4-7-17-14-13(20-3)15(19-9-18-14)21-12-6-5-11(16)8-10(12)2/h5-6,8-9H,4,7H2,1-3H3,(H,17,18,19). The van der Waals surface area contributed by atoms with Crippen molar-refractivity contribution in [1.29, 1.82) is 0 Å². The highest BCUT2D eigenvalue weighted by molar-refractivity contribution is 6.30. The van der Waals surface area contributed by atoms with Gasteiger partial charge >= 0.3 is 0 Å². The summed E-state index contributed by atoms with van der Waals surface area (Å²) in [5.41, 5.74) is 0.922. The van der Waals surface area contributed by atoms with E-state index in [4.69, 9.17) is 21.1 Å². The highest BCUT2D eigenvalue weighted by Crippen LogP contribution is 2.35. The molecule has 0 saturated heterocycles. The van der Waals surface area contributed by atoms with Crippen molar-refractivity contribution < 1.29 is 9.47 Å². The Morgan fingerprint density at radius 1 is 1.29 bits per heavy atom. The summed E-state index contributed by atoms with van der Waals surface area (Å²) in [5.74, 6) is 2.16. The van der Waals surface area contributed by atoms with E-state index >= 15 is 0 Å². The SMILES string of the molecule is CCCNc1ncnc(Oc2ccc(Cl)cc2C)c1OC. The molecule has 0 atom stereocenters. The summed E-state index contributed by atoms with van der Waals surface area (Å²) >= 11 is 5.95. The zero-order chi connectivity index (χ0) is 15.2. The Kier molecular flexibility index (Phi) is 5.22. The van der Waals surface area contributed by atoms with E-state index in [-0.39, 0.29) is 0 Å². The fraction of sp³-hybridized carbons (Fsp3) is 0.333. The second kappa shape index (κ2) is 7.13. The quantitative estimate of drug-likeness (QED) is 0.872. The number of nitrogens with one attached hydrogen (secondary N) is 1. The lowest BCUT2D eigenvalue weighted by atomic mass is 10.2.